The van der Waals surface area contributed by atoms with E-state index in [2.05, 4.69) is 27.0 Å². The Morgan fingerprint density at radius 2 is 1.98 bits per heavy atom. The number of nitrogens with one attached hydrogen (secondary N) is 1. The van der Waals surface area contributed by atoms with Crippen molar-refractivity contribution in [3.63, 3.8) is 0 Å². The molecule has 0 bridgehead atoms. The van der Waals surface area contributed by atoms with Crippen LogP contribution in [0.25, 0.3) is 11.2 Å². The number of fused-ring (bicyclic) bond motifs is 2. The summed E-state index contributed by atoms with van der Waals surface area (Å²) in [5.74, 6) is -1.01. The summed E-state index contributed by atoms with van der Waals surface area (Å²) in [5.41, 5.74) is 6.60. The van der Waals surface area contributed by atoms with Crippen LogP contribution in [-0.2, 0) is 32.2 Å². The minimum Gasteiger partial charge on any atom is -0.465 e. The maximum absolute atomic E-state index is 13.7. The van der Waals surface area contributed by atoms with Gasteiger partial charge in [-0.1, -0.05) is 44.4 Å². The number of aromatic nitrogens is 4. The summed E-state index contributed by atoms with van der Waals surface area (Å²) in [6, 6.07) is 6.17. The Balaban J connectivity index is 1.19. The molecular weight excluding hydrogens is 654 g/mol. The highest BCUT2D eigenvalue weighted by atomic mass is 35.5. The molecule has 16 nitrogen and oxygen atoms in total. The molecule has 0 spiro atoms. The number of aliphatic hydroxyl groups is 1. The molecule has 1 aliphatic carbocycles. The molecule has 1 saturated carbocycles. The number of para-hydroxylation sites is 1. The van der Waals surface area contributed by atoms with E-state index in [1.807, 2.05) is 0 Å². The number of esters is 1. The number of phosphoric acid groups is 1. The van der Waals surface area contributed by atoms with Gasteiger partial charge in [0.1, 0.15) is 23.4 Å². The molecule has 2 aliphatic rings. The first-order valence-electron chi connectivity index (χ1n) is 14.4. The maximum atomic E-state index is 13.7. The topological polar surface area (TPSA) is 219 Å². The molecule has 5 rings (SSSR count). The molecule has 246 valence electrons. The smallest absolute Gasteiger partial charge is 0.465 e. The first-order valence-corrected chi connectivity index (χ1v) is 17.8. The normalized spacial score (nSPS) is 25.7. The fraction of sp³-hybridized carbons (Fsp3) is 0.538. The minimum absolute atomic E-state index is 0.0366. The van der Waals surface area contributed by atoms with Gasteiger partial charge in [-0.3, -0.25) is 9.32 Å². The number of aliphatic hydroxyl groups excluding tert-OH is 1. The van der Waals surface area contributed by atoms with Gasteiger partial charge >= 0.3 is 21.5 Å². The zero-order valence-corrected chi connectivity index (χ0v) is 27.0. The van der Waals surface area contributed by atoms with Gasteiger partial charge in [-0.25, -0.2) is 14.1 Å². The quantitative estimate of drug-likeness (QED) is 0.0728. The predicted molar refractivity (Wildman–Crippen MR) is 161 cm³/mol. The molecule has 0 radical (unpaired) electrons. The van der Waals surface area contributed by atoms with E-state index in [0.29, 0.717) is 17.6 Å². The van der Waals surface area contributed by atoms with Crippen molar-refractivity contribution < 1.29 is 46.8 Å². The third-order valence-electron chi connectivity index (χ3n) is 7.35. The molecular formula is C26H35ClN6O10P2. The minimum atomic E-state index is -5.12. The van der Waals surface area contributed by atoms with Crippen molar-refractivity contribution in [3.05, 3.63) is 41.9 Å². The Morgan fingerprint density at radius 3 is 2.67 bits per heavy atom. The lowest BCUT2D eigenvalue weighted by molar-refractivity contribution is -0.145. The standard InChI is InChI=1S/C26H35ClN6O10P2/c1-3-4-5-9-12-39-25(35)15(2)32-44(36,42-16-10-7-6-8-11-16)43-45(37,38)40-13-17-21(34)18-20(22(18)41-17)33-14-29-19-23(28)30-26(27)31-24(19)33/h6-8,10-11,14-15,17-18,20-22,34H,3-5,9,12-13H2,1-2H3,(H,32,36)(H,37,38)(H2,28,30,31)/t15-,17?,18?,20?,21?,22?,44?/m0/s1. The fourth-order valence-corrected chi connectivity index (χ4v) is 8.26. The average molecular weight is 689 g/mol. The van der Waals surface area contributed by atoms with Gasteiger partial charge in [-0.2, -0.15) is 19.4 Å². The summed E-state index contributed by atoms with van der Waals surface area (Å²) in [7, 11) is -9.83. The number of carbonyl (C=O) groups is 1. The number of phosphoric ester groups is 1. The van der Waals surface area contributed by atoms with Gasteiger partial charge in [0, 0.05) is 5.92 Å². The second-order valence-electron chi connectivity index (χ2n) is 10.7. The second kappa shape index (κ2) is 14.0. The van der Waals surface area contributed by atoms with Crippen LogP contribution in [0.2, 0.25) is 5.28 Å². The van der Waals surface area contributed by atoms with Gasteiger partial charge in [0.25, 0.3) is 0 Å². The molecule has 1 saturated heterocycles. The van der Waals surface area contributed by atoms with Crippen LogP contribution < -0.4 is 15.3 Å². The van der Waals surface area contributed by atoms with E-state index in [4.69, 9.17) is 40.2 Å². The van der Waals surface area contributed by atoms with Crippen molar-refractivity contribution in [1.82, 2.24) is 24.6 Å². The molecule has 1 aromatic carbocycles. The van der Waals surface area contributed by atoms with Gasteiger partial charge in [0.15, 0.2) is 11.5 Å². The van der Waals surface area contributed by atoms with Crippen LogP contribution in [0.4, 0.5) is 5.82 Å². The van der Waals surface area contributed by atoms with E-state index >= 15 is 0 Å². The lowest BCUT2D eigenvalue weighted by Gasteiger charge is -2.25. The summed E-state index contributed by atoms with van der Waals surface area (Å²) in [4.78, 5) is 35.3. The Morgan fingerprint density at radius 1 is 1.22 bits per heavy atom. The third kappa shape index (κ3) is 8.02. The Bertz CT molecular complexity index is 1600. The molecule has 5 N–H and O–H groups in total. The van der Waals surface area contributed by atoms with Crippen LogP contribution in [0.15, 0.2) is 36.7 Å². The van der Waals surface area contributed by atoms with E-state index in [0.717, 1.165) is 19.3 Å². The van der Waals surface area contributed by atoms with Crippen LogP contribution in [0.3, 0.4) is 0 Å². The van der Waals surface area contributed by atoms with Gasteiger partial charge in [0.2, 0.25) is 5.28 Å². The molecule has 1 aliphatic heterocycles. The average Bonchev–Trinajstić information content (AvgIpc) is 3.34. The Kier molecular flexibility index (Phi) is 10.5. The van der Waals surface area contributed by atoms with Crippen molar-refractivity contribution in [2.24, 2.45) is 5.92 Å². The predicted octanol–water partition coefficient (Wildman–Crippen LogP) is 3.78. The first-order chi connectivity index (χ1) is 21.4. The van der Waals surface area contributed by atoms with Crippen molar-refractivity contribution in [2.45, 2.75) is 69.9 Å². The number of nitrogens with two attached hydrogens (primary N) is 1. The molecule has 45 heavy (non-hydrogen) atoms. The van der Waals surface area contributed by atoms with Gasteiger partial charge < -0.3 is 34.3 Å². The van der Waals surface area contributed by atoms with Crippen molar-refractivity contribution in [2.75, 3.05) is 18.9 Å². The highest BCUT2D eigenvalue weighted by Gasteiger charge is 2.65. The summed E-state index contributed by atoms with van der Waals surface area (Å²) < 4.78 is 54.9. The van der Waals surface area contributed by atoms with Crippen LogP contribution in [0.1, 0.15) is 45.6 Å². The summed E-state index contributed by atoms with van der Waals surface area (Å²) in [5, 5.41) is 13.2. The van der Waals surface area contributed by atoms with Crippen molar-refractivity contribution in [3.8, 4) is 5.75 Å². The molecule has 3 aromatic rings. The highest BCUT2D eigenvalue weighted by Crippen LogP contribution is 2.61. The fourth-order valence-electron chi connectivity index (χ4n) is 5.13. The number of nitrogen functional groups attached to an aromatic ring is 1. The molecule has 7 unspecified atom stereocenters. The van der Waals surface area contributed by atoms with E-state index in [1.165, 1.54) is 25.4 Å². The first kappa shape index (κ1) is 33.7. The van der Waals surface area contributed by atoms with Crippen LogP contribution in [0, 0.1) is 5.92 Å². The number of hydrogen-bond donors (Lipinski definition) is 4. The number of ether oxygens (including phenoxy) is 2. The summed E-state index contributed by atoms with van der Waals surface area (Å²) in [6.45, 7) is 2.99. The number of benzene rings is 1. The molecule has 8 atom stereocenters. The summed E-state index contributed by atoms with van der Waals surface area (Å²) in [6.07, 6.45) is 2.45. The highest BCUT2D eigenvalue weighted by molar-refractivity contribution is 7.63. The largest absolute Gasteiger partial charge is 0.481 e. The number of anilines is 1. The van der Waals surface area contributed by atoms with Gasteiger partial charge in [-0.15, -0.1) is 0 Å². The van der Waals surface area contributed by atoms with Crippen LogP contribution in [0.5, 0.6) is 5.75 Å². The number of hydrogen-bond acceptors (Lipinski definition) is 13. The van der Waals surface area contributed by atoms with Crippen molar-refractivity contribution in [1.29, 1.82) is 0 Å². The molecule has 3 heterocycles. The molecule has 0 amide bonds. The number of unbranched alkanes of at least 4 members (excludes halogenated alkanes) is 3. The SMILES string of the molecule is CCCCCCOC(=O)[C@H](C)NP(=O)(Oc1ccccc1)OP(=O)(O)OCC1OC2C(C1O)C2n1cnc2c(N)nc(Cl)nc21. The second-order valence-corrected chi connectivity index (χ2v) is 14.3. The van der Waals surface area contributed by atoms with Crippen LogP contribution >= 0.6 is 27.2 Å². The zero-order chi connectivity index (χ0) is 32.4. The third-order valence-corrected chi connectivity index (χ3v) is 10.8. The van der Waals surface area contributed by atoms with E-state index in [1.54, 1.807) is 22.8 Å². The zero-order valence-electron chi connectivity index (χ0n) is 24.5. The van der Waals surface area contributed by atoms with E-state index in [-0.39, 0.29) is 29.5 Å². The van der Waals surface area contributed by atoms with Gasteiger partial charge in [-0.05, 0) is 37.1 Å². The molecule has 19 heteroatoms. The van der Waals surface area contributed by atoms with E-state index in [9.17, 15) is 23.9 Å². The van der Waals surface area contributed by atoms with Crippen LogP contribution in [-0.4, -0.2) is 73.1 Å². The summed E-state index contributed by atoms with van der Waals surface area (Å²) >= 11 is 5.94. The Labute approximate surface area is 263 Å². The number of nitrogens with zero attached hydrogens (tertiary/aromatic N) is 4. The number of rotatable bonds is 16. The Hall–Kier alpha value is -2.65. The van der Waals surface area contributed by atoms with E-state index < -0.39 is 58.4 Å². The number of imidazole rings is 1. The number of carbonyl (C=O) groups excluding carboxylic acids is 1. The molecule has 2 fully saturated rings. The maximum Gasteiger partial charge on any atom is 0.481 e. The van der Waals surface area contributed by atoms with Gasteiger partial charge in [0.05, 0.1) is 37.8 Å². The lowest BCUT2D eigenvalue weighted by Crippen LogP contribution is -2.35. The monoisotopic (exact) mass is 688 g/mol. The lowest BCUT2D eigenvalue weighted by atomic mass is 10.1. The number of halogens is 1. The molecule has 2 aromatic heterocycles. The van der Waals surface area contributed by atoms with Crippen molar-refractivity contribution >= 4 is 50.1 Å².